The van der Waals surface area contributed by atoms with Gasteiger partial charge in [-0.3, -0.25) is 4.98 Å². The Kier molecular flexibility index (Phi) is 6.38. The Hall–Kier alpha value is -4.15. The van der Waals surface area contributed by atoms with Crippen LogP contribution < -0.4 is 24.3 Å². The molecule has 0 aliphatic heterocycles. The highest BCUT2D eigenvalue weighted by Crippen LogP contribution is 2.37. The van der Waals surface area contributed by atoms with E-state index in [1.165, 1.54) is 6.20 Å². The van der Waals surface area contributed by atoms with Crippen molar-refractivity contribution < 1.29 is 18.9 Å². The van der Waals surface area contributed by atoms with Crippen LogP contribution in [0.5, 0.6) is 28.7 Å². The first kappa shape index (κ1) is 22.1. The average Bonchev–Trinajstić information content (AvgIpc) is 2.84. The van der Waals surface area contributed by atoms with Gasteiger partial charge < -0.3 is 24.3 Å². The van der Waals surface area contributed by atoms with Gasteiger partial charge in [-0.2, -0.15) is 5.26 Å². The Morgan fingerprint density at radius 1 is 0.848 bits per heavy atom. The van der Waals surface area contributed by atoms with E-state index >= 15 is 0 Å². The first-order valence-electron chi connectivity index (χ1n) is 9.89. The first-order valence-corrected chi connectivity index (χ1v) is 10.3. The van der Waals surface area contributed by atoms with Crippen molar-refractivity contribution in [2.45, 2.75) is 0 Å². The Balaban J connectivity index is 1.64. The van der Waals surface area contributed by atoms with Crippen molar-refractivity contribution in [1.82, 2.24) is 4.98 Å². The van der Waals surface area contributed by atoms with Crippen molar-refractivity contribution in [2.75, 3.05) is 26.6 Å². The standard InChI is InChI=1S/C25H20ClN3O4/c1-30-19-8-16(26)9-20(10-19)33-18-6-4-17(5-7-18)29-25-15(13-27)14-28-22-12-24(32-3)23(31-2)11-21(22)25/h4-12,14H,1-3H3,(H,28,29). The predicted octanol–water partition coefficient (Wildman–Crippen LogP) is 6.32. The van der Waals surface area contributed by atoms with Crippen molar-refractivity contribution in [3.63, 3.8) is 0 Å². The van der Waals surface area contributed by atoms with Gasteiger partial charge in [0.25, 0.3) is 0 Å². The van der Waals surface area contributed by atoms with Crippen molar-refractivity contribution in [3.05, 3.63) is 71.4 Å². The summed E-state index contributed by atoms with van der Waals surface area (Å²) in [4.78, 5) is 4.38. The number of hydrogen-bond donors (Lipinski definition) is 1. The van der Waals surface area contributed by atoms with Crippen molar-refractivity contribution in [2.24, 2.45) is 0 Å². The van der Waals surface area contributed by atoms with Crippen LogP contribution >= 0.6 is 11.6 Å². The summed E-state index contributed by atoms with van der Waals surface area (Å²) in [7, 11) is 4.70. The largest absolute Gasteiger partial charge is 0.497 e. The van der Waals surface area contributed by atoms with Gasteiger partial charge in [-0.15, -0.1) is 0 Å². The molecule has 0 aliphatic rings. The smallest absolute Gasteiger partial charge is 0.162 e. The van der Waals surface area contributed by atoms with E-state index < -0.39 is 0 Å². The molecule has 0 atom stereocenters. The molecular weight excluding hydrogens is 442 g/mol. The summed E-state index contributed by atoms with van der Waals surface area (Å²) < 4.78 is 21.9. The summed E-state index contributed by atoms with van der Waals surface area (Å²) in [6.45, 7) is 0. The molecular formula is C25H20ClN3O4. The van der Waals surface area contributed by atoms with Crippen LogP contribution in [0.25, 0.3) is 10.9 Å². The van der Waals surface area contributed by atoms with Gasteiger partial charge in [0.1, 0.15) is 23.3 Å². The number of aromatic nitrogens is 1. The number of halogens is 1. The maximum Gasteiger partial charge on any atom is 0.162 e. The van der Waals surface area contributed by atoms with E-state index in [9.17, 15) is 5.26 Å². The number of nitrogens with one attached hydrogen (secondary N) is 1. The molecule has 0 spiro atoms. The third-order valence-electron chi connectivity index (χ3n) is 4.93. The Morgan fingerprint density at radius 2 is 1.55 bits per heavy atom. The Morgan fingerprint density at radius 3 is 2.21 bits per heavy atom. The molecule has 7 nitrogen and oxygen atoms in total. The molecule has 0 radical (unpaired) electrons. The topological polar surface area (TPSA) is 85.6 Å². The lowest BCUT2D eigenvalue weighted by Gasteiger charge is -2.15. The van der Waals surface area contributed by atoms with Crippen LogP contribution in [0.2, 0.25) is 5.02 Å². The molecule has 0 amide bonds. The van der Waals surface area contributed by atoms with Gasteiger partial charge in [-0.05, 0) is 42.5 Å². The molecule has 8 heteroatoms. The molecule has 1 aromatic heterocycles. The minimum absolute atomic E-state index is 0.404. The molecule has 1 N–H and O–H groups in total. The molecule has 0 saturated carbocycles. The van der Waals surface area contributed by atoms with Crippen LogP contribution in [0.1, 0.15) is 5.56 Å². The Bertz CT molecular complexity index is 1350. The van der Waals surface area contributed by atoms with Gasteiger partial charge in [0.2, 0.25) is 0 Å². The maximum absolute atomic E-state index is 9.63. The summed E-state index contributed by atoms with van der Waals surface area (Å²) in [5, 5.41) is 14.2. The number of hydrogen-bond acceptors (Lipinski definition) is 7. The molecule has 0 saturated heterocycles. The lowest BCUT2D eigenvalue weighted by molar-refractivity contribution is 0.356. The zero-order chi connectivity index (χ0) is 23.4. The third kappa shape index (κ3) is 4.71. The number of pyridine rings is 1. The highest BCUT2D eigenvalue weighted by molar-refractivity contribution is 6.30. The summed E-state index contributed by atoms with van der Waals surface area (Å²) in [6, 6.07) is 18.3. The molecule has 0 unspecified atom stereocenters. The van der Waals surface area contributed by atoms with E-state index in [0.717, 1.165) is 11.1 Å². The highest BCUT2D eigenvalue weighted by Gasteiger charge is 2.14. The van der Waals surface area contributed by atoms with Crippen LogP contribution in [0.3, 0.4) is 0 Å². The van der Waals surface area contributed by atoms with E-state index in [2.05, 4.69) is 16.4 Å². The van der Waals surface area contributed by atoms with E-state index in [1.807, 2.05) is 24.3 Å². The quantitative estimate of drug-likeness (QED) is 0.344. The summed E-state index contributed by atoms with van der Waals surface area (Å²) in [6.07, 6.45) is 1.53. The molecule has 3 aromatic carbocycles. The summed E-state index contributed by atoms with van der Waals surface area (Å²) in [5.74, 6) is 2.90. The van der Waals surface area contributed by atoms with Gasteiger partial charge in [0.15, 0.2) is 11.5 Å². The average molecular weight is 462 g/mol. The van der Waals surface area contributed by atoms with Crippen LogP contribution in [-0.4, -0.2) is 26.3 Å². The van der Waals surface area contributed by atoms with Crippen LogP contribution in [0, 0.1) is 11.3 Å². The fourth-order valence-electron chi connectivity index (χ4n) is 3.34. The molecule has 0 fully saturated rings. The normalized spacial score (nSPS) is 10.4. The molecule has 0 aliphatic carbocycles. The van der Waals surface area contributed by atoms with Gasteiger partial charge >= 0.3 is 0 Å². The van der Waals surface area contributed by atoms with Gasteiger partial charge in [-0.1, -0.05) is 11.6 Å². The molecule has 166 valence electrons. The second kappa shape index (κ2) is 9.55. The summed E-state index contributed by atoms with van der Waals surface area (Å²) >= 11 is 6.11. The van der Waals surface area contributed by atoms with E-state index in [-0.39, 0.29) is 0 Å². The summed E-state index contributed by atoms with van der Waals surface area (Å²) in [5.41, 5.74) is 2.46. The monoisotopic (exact) mass is 461 g/mol. The lowest BCUT2D eigenvalue weighted by atomic mass is 10.1. The molecule has 1 heterocycles. The van der Waals surface area contributed by atoms with Gasteiger partial charge in [0, 0.05) is 34.4 Å². The molecule has 4 rings (SSSR count). The zero-order valence-electron chi connectivity index (χ0n) is 18.2. The number of nitrogens with zero attached hydrogens (tertiary/aromatic N) is 2. The second-order valence-corrected chi connectivity index (χ2v) is 7.40. The highest BCUT2D eigenvalue weighted by atomic mass is 35.5. The lowest BCUT2D eigenvalue weighted by Crippen LogP contribution is -1.98. The van der Waals surface area contributed by atoms with Crippen LogP contribution in [0.15, 0.2) is 60.8 Å². The van der Waals surface area contributed by atoms with Crippen LogP contribution in [-0.2, 0) is 0 Å². The number of rotatable bonds is 7. The van der Waals surface area contributed by atoms with E-state index in [0.29, 0.717) is 50.5 Å². The number of methoxy groups -OCH3 is 3. The number of anilines is 2. The number of ether oxygens (including phenoxy) is 4. The number of benzene rings is 3. The predicted molar refractivity (Wildman–Crippen MR) is 127 cm³/mol. The second-order valence-electron chi connectivity index (χ2n) is 6.96. The van der Waals surface area contributed by atoms with E-state index in [4.69, 9.17) is 30.5 Å². The van der Waals surface area contributed by atoms with Crippen molar-refractivity contribution in [3.8, 4) is 34.8 Å². The fourth-order valence-corrected chi connectivity index (χ4v) is 3.55. The number of nitriles is 1. The fraction of sp³-hybridized carbons (Fsp3) is 0.120. The Labute approximate surface area is 196 Å². The van der Waals surface area contributed by atoms with Crippen molar-refractivity contribution in [1.29, 1.82) is 5.26 Å². The molecule has 33 heavy (non-hydrogen) atoms. The van der Waals surface area contributed by atoms with Crippen LogP contribution in [0.4, 0.5) is 11.4 Å². The van der Waals surface area contributed by atoms with Crippen molar-refractivity contribution >= 4 is 33.9 Å². The van der Waals surface area contributed by atoms with Gasteiger partial charge in [0.05, 0.1) is 38.1 Å². The van der Waals surface area contributed by atoms with E-state index in [1.54, 1.807) is 51.7 Å². The molecule has 0 bridgehead atoms. The SMILES string of the molecule is COc1cc(Cl)cc(Oc2ccc(Nc3c(C#N)cnc4cc(OC)c(OC)cc34)cc2)c1. The maximum atomic E-state index is 9.63. The minimum atomic E-state index is 0.404. The molecule has 4 aromatic rings. The number of fused-ring (bicyclic) bond motifs is 1. The van der Waals surface area contributed by atoms with Gasteiger partial charge in [-0.25, -0.2) is 0 Å². The third-order valence-corrected chi connectivity index (χ3v) is 5.15. The first-order chi connectivity index (χ1) is 16.0. The zero-order valence-corrected chi connectivity index (χ0v) is 18.9. The minimum Gasteiger partial charge on any atom is -0.497 e.